The van der Waals surface area contributed by atoms with E-state index in [1.807, 2.05) is 6.08 Å². The Morgan fingerprint density at radius 1 is 1.18 bits per heavy atom. The van der Waals surface area contributed by atoms with Crippen molar-refractivity contribution in [2.45, 2.75) is 39.0 Å². The molecule has 0 heterocycles. The Kier molecular flexibility index (Phi) is 8.80. The number of unbranched alkanes of at least 4 members (excludes halogenated alkanes) is 4. The molecule has 0 bridgehead atoms. The summed E-state index contributed by atoms with van der Waals surface area (Å²) in [7, 11) is 0. The van der Waals surface area contributed by atoms with Crippen LogP contribution in [0.5, 0.6) is 0 Å². The van der Waals surface area contributed by atoms with Crippen LogP contribution in [0.3, 0.4) is 0 Å². The Hall–Kier alpha value is -0.650. The van der Waals surface area contributed by atoms with Gasteiger partial charge in [-0.25, -0.2) is 0 Å². The van der Waals surface area contributed by atoms with Crippen molar-refractivity contribution in [3.05, 3.63) is 31.2 Å². The van der Waals surface area contributed by atoms with E-state index in [9.17, 15) is 0 Å². The average molecular weight is 151 g/mol. The van der Waals surface area contributed by atoms with Crippen molar-refractivity contribution in [1.29, 1.82) is 0 Å². The SMILES string of the molecule is C=CCC/C=C/CCC[CH+]C. The van der Waals surface area contributed by atoms with Crippen molar-refractivity contribution in [2.75, 3.05) is 0 Å². The number of allylic oxidation sites excluding steroid dienone is 3. The lowest BCUT2D eigenvalue weighted by molar-refractivity contribution is 0.825. The highest BCUT2D eigenvalue weighted by molar-refractivity contribution is 4.84. The van der Waals surface area contributed by atoms with Crippen molar-refractivity contribution in [1.82, 2.24) is 0 Å². The van der Waals surface area contributed by atoms with Crippen LogP contribution in [0.15, 0.2) is 24.8 Å². The van der Waals surface area contributed by atoms with E-state index in [0.717, 1.165) is 12.8 Å². The first-order valence-electron chi connectivity index (χ1n) is 4.45. The molecule has 0 fully saturated rings. The van der Waals surface area contributed by atoms with Gasteiger partial charge in [0.15, 0.2) is 0 Å². The van der Waals surface area contributed by atoms with Gasteiger partial charge in [-0.15, -0.1) is 6.58 Å². The Labute approximate surface area is 71.0 Å². The molecule has 0 aliphatic carbocycles. The molecule has 0 heteroatoms. The third-order valence-corrected chi connectivity index (χ3v) is 1.57. The fourth-order valence-electron chi connectivity index (χ4n) is 0.890. The van der Waals surface area contributed by atoms with Gasteiger partial charge in [0, 0.05) is 0 Å². The standard InChI is InChI=1S/C11H19/c1-3-5-7-9-11-10-8-6-4-2/h3-4,9,11H,1,5-8,10H2,2H3/q+1/b11-9+. The summed E-state index contributed by atoms with van der Waals surface area (Å²) in [4.78, 5) is 0. The minimum absolute atomic E-state index is 1.11. The van der Waals surface area contributed by atoms with Crippen LogP contribution in [0.1, 0.15) is 39.0 Å². The van der Waals surface area contributed by atoms with E-state index < -0.39 is 0 Å². The first kappa shape index (κ1) is 10.3. The Bertz CT molecular complexity index is 101. The lowest BCUT2D eigenvalue weighted by Crippen LogP contribution is -1.71. The molecule has 0 saturated carbocycles. The molecule has 0 spiro atoms. The van der Waals surface area contributed by atoms with Crippen LogP contribution in [-0.2, 0) is 0 Å². The number of rotatable bonds is 7. The van der Waals surface area contributed by atoms with Crippen LogP contribution in [-0.4, -0.2) is 0 Å². The Balaban J connectivity index is 2.97. The maximum atomic E-state index is 3.67. The largest absolute Gasteiger partial charge is 0.103 e. The summed E-state index contributed by atoms with van der Waals surface area (Å²) in [5.74, 6) is 0. The molecule has 0 unspecified atom stereocenters. The third kappa shape index (κ3) is 9.35. The summed E-state index contributed by atoms with van der Waals surface area (Å²) in [6, 6.07) is 0. The summed E-state index contributed by atoms with van der Waals surface area (Å²) < 4.78 is 0. The minimum Gasteiger partial charge on any atom is -0.103 e. The monoisotopic (exact) mass is 151 g/mol. The Morgan fingerprint density at radius 3 is 2.55 bits per heavy atom. The molecule has 11 heavy (non-hydrogen) atoms. The van der Waals surface area contributed by atoms with Crippen molar-refractivity contribution < 1.29 is 0 Å². The molecule has 62 valence electrons. The molecule has 0 aliphatic heterocycles. The molecule has 0 saturated heterocycles. The molecule has 0 atom stereocenters. The second-order valence-corrected chi connectivity index (χ2v) is 2.68. The Morgan fingerprint density at radius 2 is 1.91 bits per heavy atom. The molecular formula is C11H19+. The fourth-order valence-corrected chi connectivity index (χ4v) is 0.890. The lowest BCUT2D eigenvalue weighted by Gasteiger charge is -1.87. The summed E-state index contributed by atoms with van der Waals surface area (Å²) in [6.45, 7) is 5.78. The van der Waals surface area contributed by atoms with E-state index in [1.54, 1.807) is 0 Å². The summed E-state index contributed by atoms with van der Waals surface area (Å²) in [6.07, 6.45) is 14.7. The summed E-state index contributed by atoms with van der Waals surface area (Å²) in [5, 5.41) is 0. The van der Waals surface area contributed by atoms with Crippen LogP contribution in [0, 0.1) is 6.42 Å². The highest BCUT2D eigenvalue weighted by Gasteiger charge is 1.87. The molecular weight excluding hydrogens is 132 g/mol. The predicted octanol–water partition coefficient (Wildman–Crippen LogP) is 3.90. The van der Waals surface area contributed by atoms with Crippen molar-refractivity contribution >= 4 is 0 Å². The number of hydrogen-bond donors (Lipinski definition) is 0. The molecule has 0 aromatic rings. The van der Waals surface area contributed by atoms with Gasteiger partial charge in [-0.1, -0.05) is 18.2 Å². The van der Waals surface area contributed by atoms with Gasteiger partial charge in [-0.3, -0.25) is 0 Å². The van der Waals surface area contributed by atoms with E-state index in [-0.39, 0.29) is 0 Å². The zero-order valence-electron chi connectivity index (χ0n) is 7.55. The molecule has 0 aromatic carbocycles. The zero-order chi connectivity index (χ0) is 8.36. The van der Waals surface area contributed by atoms with Crippen LogP contribution >= 0.6 is 0 Å². The van der Waals surface area contributed by atoms with Gasteiger partial charge < -0.3 is 0 Å². The van der Waals surface area contributed by atoms with Gasteiger partial charge in [0.2, 0.25) is 0 Å². The van der Waals surface area contributed by atoms with Gasteiger partial charge in [-0.05, 0) is 25.7 Å². The van der Waals surface area contributed by atoms with E-state index in [2.05, 4.69) is 32.1 Å². The van der Waals surface area contributed by atoms with Crippen LogP contribution in [0.2, 0.25) is 0 Å². The zero-order valence-corrected chi connectivity index (χ0v) is 7.55. The highest BCUT2D eigenvalue weighted by atomic mass is 13.9. The fraction of sp³-hybridized carbons (Fsp3) is 0.545. The smallest absolute Gasteiger partial charge is 0.0875 e. The maximum absolute atomic E-state index is 3.67. The van der Waals surface area contributed by atoms with Gasteiger partial charge in [0.1, 0.15) is 0 Å². The van der Waals surface area contributed by atoms with Crippen LogP contribution in [0.4, 0.5) is 0 Å². The lowest BCUT2D eigenvalue weighted by atomic mass is 10.2. The molecule has 0 N–H and O–H groups in total. The van der Waals surface area contributed by atoms with E-state index in [0.29, 0.717) is 0 Å². The molecule has 0 aromatic heterocycles. The molecule has 0 amide bonds. The van der Waals surface area contributed by atoms with Crippen molar-refractivity contribution in [3.8, 4) is 0 Å². The topological polar surface area (TPSA) is 0 Å². The van der Waals surface area contributed by atoms with Crippen molar-refractivity contribution in [2.24, 2.45) is 0 Å². The van der Waals surface area contributed by atoms with Gasteiger partial charge in [0.25, 0.3) is 0 Å². The van der Waals surface area contributed by atoms with E-state index in [4.69, 9.17) is 0 Å². The maximum Gasteiger partial charge on any atom is 0.0875 e. The van der Waals surface area contributed by atoms with Crippen molar-refractivity contribution in [3.63, 3.8) is 0 Å². The highest BCUT2D eigenvalue weighted by Crippen LogP contribution is 2.00. The predicted molar refractivity (Wildman–Crippen MR) is 52.4 cm³/mol. The number of hydrogen-bond acceptors (Lipinski definition) is 0. The first-order valence-corrected chi connectivity index (χ1v) is 4.45. The third-order valence-electron chi connectivity index (χ3n) is 1.57. The second-order valence-electron chi connectivity index (χ2n) is 2.68. The van der Waals surface area contributed by atoms with Crippen LogP contribution in [0.25, 0.3) is 0 Å². The summed E-state index contributed by atoms with van der Waals surface area (Å²) in [5.41, 5.74) is 0. The normalized spacial score (nSPS) is 10.3. The van der Waals surface area contributed by atoms with Gasteiger partial charge in [-0.2, -0.15) is 0 Å². The quantitative estimate of drug-likeness (QED) is 0.294. The second kappa shape index (κ2) is 9.35. The van der Waals surface area contributed by atoms with Gasteiger partial charge in [0.05, 0.1) is 19.8 Å². The molecule has 0 radical (unpaired) electrons. The minimum atomic E-state index is 1.11. The average Bonchev–Trinajstić information content (AvgIpc) is 2.03. The molecule has 0 nitrogen and oxygen atoms in total. The van der Waals surface area contributed by atoms with E-state index >= 15 is 0 Å². The van der Waals surface area contributed by atoms with Crippen LogP contribution < -0.4 is 0 Å². The molecule has 0 rings (SSSR count). The molecule has 0 aliphatic rings. The van der Waals surface area contributed by atoms with E-state index in [1.165, 1.54) is 19.3 Å². The van der Waals surface area contributed by atoms with Gasteiger partial charge >= 0.3 is 0 Å². The summed E-state index contributed by atoms with van der Waals surface area (Å²) >= 11 is 0. The first-order chi connectivity index (χ1) is 5.41.